The second-order valence-corrected chi connectivity index (χ2v) is 7.37. The Morgan fingerprint density at radius 1 is 1.21 bits per heavy atom. The molecular weight excluding hydrogens is 360 g/mol. The molecular formula is C20H22N4O4. The molecule has 1 N–H and O–H groups in total. The average Bonchev–Trinajstić information content (AvgIpc) is 2.69. The lowest BCUT2D eigenvalue weighted by molar-refractivity contribution is -0.144. The van der Waals surface area contributed by atoms with Gasteiger partial charge in [0.2, 0.25) is 0 Å². The van der Waals surface area contributed by atoms with Crippen molar-refractivity contribution in [3.63, 3.8) is 0 Å². The van der Waals surface area contributed by atoms with Crippen LogP contribution in [0.3, 0.4) is 0 Å². The van der Waals surface area contributed by atoms with Gasteiger partial charge in [0.15, 0.2) is 0 Å². The van der Waals surface area contributed by atoms with Crippen LogP contribution in [-0.2, 0) is 9.53 Å². The Kier molecular flexibility index (Phi) is 4.72. The minimum atomic E-state index is -0.617. The molecule has 1 atom stereocenters. The number of ether oxygens (including phenoxy) is 1. The lowest BCUT2D eigenvalue weighted by Crippen LogP contribution is -2.62. The number of rotatable bonds is 2. The van der Waals surface area contributed by atoms with Gasteiger partial charge >= 0.3 is 5.69 Å². The van der Waals surface area contributed by atoms with Gasteiger partial charge in [-0.1, -0.05) is 18.2 Å². The largest absolute Gasteiger partial charge is 0.361 e. The first-order valence-electron chi connectivity index (χ1n) is 9.32. The Bertz CT molecular complexity index is 958. The highest BCUT2D eigenvalue weighted by Gasteiger charge is 2.44. The van der Waals surface area contributed by atoms with Crippen molar-refractivity contribution in [3.05, 3.63) is 58.3 Å². The van der Waals surface area contributed by atoms with E-state index in [2.05, 4.69) is 9.97 Å². The van der Waals surface area contributed by atoms with Crippen LogP contribution in [0.25, 0.3) is 0 Å². The summed E-state index contributed by atoms with van der Waals surface area (Å²) in [6.45, 7) is 3.01. The summed E-state index contributed by atoms with van der Waals surface area (Å²) in [5.74, 6) is -0.382. The van der Waals surface area contributed by atoms with Crippen molar-refractivity contribution in [2.75, 3.05) is 31.1 Å². The summed E-state index contributed by atoms with van der Waals surface area (Å²) in [5.41, 5.74) is 0.388. The molecule has 146 valence electrons. The molecule has 1 spiro atoms. The zero-order valence-corrected chi connectivity index (χ0v) is 15.7. The number of carbonyl (C=O) groups is 2. The van der Waals surface area contributed by atoms with E-state index in [1.807, 2.05) is 30.3 Å². The molecule has 8 nitrogen and oxygen atoms in total. The van der Waals surface area contributed by atoms with E-state index >= 15 is 0 Å². The molecule has 3 heterocycles. The molecule has 28 heavy (non-hydrogen) atoms. The van der Waals surface area contributed by atoms with Crippen molar-refractivity contribution in [2.24, 2.45) is 0 Å². The fraction of sp³-hybridized carbons (Fsp3) is 0.400. The van der Waals surface area contributed by atoms with E-state index in [-0.39, 0.29) is 24.1 Å². The summed E-state index contributed by atoms with van der Waals surface area (Å²) >= 11 is 0. The topological polar surface area (TPSA) is 95.6 Å². The van der Waals surface area contributed by atoms with Gasteiger partial charge in [-0.05, 0) is 38.0 Å². The highest BCUT2D eigenvalue weighted by atomic mass is 16.5. The van der Waals surface area contributed by atoms with Crippen LogP contribution in [0.1, 0.15) is 29.0 Å². The Morgan fingerprint density at radius 3 is 2.75 bits per heavy atom. The Balaban J connectivity index is 1.56. The number of benzene rings is 1. The van der Waals surface area contributed by atoms with Gasteiger partial charge in [0.25, 0.3) is 11.8 Å². The number of amides is 2. The van der Waals surface area contributed by atoms with Crippen LogP contribution >= 0.6 is 0 Å². The number of aryl methyl sites for hydroxylation is 1. The predicted octanol–water partition coefficient (Wildman–Crippen LogP) is 1.12. The van der Waals surface area contributed by atoms with Gasteiger partial charge in [0, 0.05) is 17.9 Å². The van der Waals surface area contributed by atoms with Gasteiger partial charge in [0.1, 0.15) is 17.9 Å². The molecule has 0 bridgehead atoms. The van der Waals surface area contributed by atoms with Gasteiger partial charge in [0.05, 0.1) is 13.1 Å². The number of aromatic nitrogens is 2. The van der Waals surface area contributed by atoms with E-state index in [1.54, 1.807) is 22.8 Å². The molecule has 0 radical (unpaired) electrons. The fourth-order valence-electron chi connectivity index (χ4n) is 3.93. The van der Waals surface area contributed by atoms with Crippen LogP contribution in [0.4, 0.5) is 5.69 Å². The molecule has 2 aromatic rings. The van der Waals surface area contributed by atoms with Gasteiger partial charge < -0.3 is 19.5 Å². The van der Waals surface area contributed by atoms with Crippen LogP contribution < -0.4 is 10.6 Å². The lowest BCUT2D eigenvalue weighted by Gasteiger charge is -2.47. The molecule has 0 saturated carbocycles. The van der Waals surface area contributed by atoms with Gasteiger partial charge in [-0.2, -0.15) is 4.98 Å². The molecule has 2 amide bonds. The van der Waals surface area contributed by atoms with E-state index in [9.17, 15) is 14.4 Å². The third-order valence-corrected chi connectivity index (χ3v) is 5.24. The molecule has 2 aliphatic rings. The van der Waals surface area contributed by atoms with Crippen molar-refractivity contribution >= 4 is 17.5 Å². The highest BCUT2D eigenvalue weighted by molar-refractivity contribution is 5.95. The molecule has 2 aliphatic heterocycles. The molecule has 4 rings (SSSR count). The predicted molar refractivity (Wildman–Crippen MR) is 102 cm³/mol. The second-order valence-electron chi connectivity index (χ2n) is 7.37. The third-order valence-electron chi connectivity index (χ3n) is 5.24. The summed E-state index contributed by atoms with van der Waals surface area (Å²) in [6, 6.07) is 11.1. The van der Waals surface area contributed by atoms with Crippen LogP contribution in [0.15, 0.2) is 41.2 Å². The number of morpholine rings is 1. The molecule has 8 heteroatoms. The first-order chi connectivity index (χ1) is 13.5. The Hall–Kier alpha value is -3.00. The average molecular weight is 382 g/mol. The Morgan fingerprint density at radius 2 is 2.00 bits per heavy atom. The van der Waals surface area contributed by atoms with Crippen LogP contribution in [0.5, 0.6) is 0 Å². The molecule has 1 aromatic heterocycles. The maximum absolute atomic E-state index is 12.9. The number of para-hydroxylation sites is 1. The second kappa shape index (κ2) is 7.20. The molecule has 1 aromatic carbocycles. The lowest BCUT2D eigenvalue weighted by atomic mass is 9.90. The van der Waals surface area contributed by atoms with Crippen LogP contribution in [-0.4, -0.2) is 58.5 Å². The van der Waals surface area contributed by atoms with Crippen LogP contribution in [0, 0.1) is 6.92 Å². The summed E-state index contributed by atoms with van der Waals surface area (Å²) in [4.78, 5) is 46.7. The maximum atomic E-state index is 12.9. The zero-order chi connectivity index (χ0) is 19.7. The zero-order valence-electron chi connectivity index (χ0n) is 15.7. The van der Waals surface area contributed by atoms with Crippen molar-refractivity contribution < 1.29 is 14.3 Å². The number of carbonyl (C=O) groups excluding carboxylic acids is 2. The number of aromatic amines is 1. The number of anilines is 1. The van der Waals surface area contributed by atoms with E-state index in [4.69, 9.17) is 4.74 Å². The van der Waals surface area contributed by atoms with E-state index in [0.29, 0.717) is 25.3 Å². The minimum absolute atomic E-state index is 0.0146. The summed E-state index contributed by atoms with van der Waals surface area (Å²) < 4.78 is 5.96. The first-order valence-corrected chi connectivity index (χ1v) is 9.32. The smallest absolute Gasteiger partial charge is 0.345 e. The Labute approximate surface area is 162 Å². The number of hydrogen-bond acceptors (Lipinski definition) is 5. The van der Waals surface area contributed by atoms with Gasteiger partial charge in [-0.15, -0.1) is 0 Å². The number of nitrogens with one attached hydrogen (secondary N) is 1. The van der Waals surface area contributed by atoms with E-state index in [1.165, 1.54) is 0 Å². The quantitative estimate of drug-likeness (QED) is 0.840. The van der Waals surface area contributed by atoms with Crippen LogP contribution in [0.2, 0.25) is 0 Å². The highest BCUT2D eigenvalue weighted by Crippen LogP contribution is 2.32. The molecule has 1 unspecified atom stereocenters. The van der Waals surface area contributed by atoms with E-state index in [0.717, 1.165) is 18.5 Å². The number of likely N-dealkylation sites (tertiary alicyclic amines) is 1. The maximum Gasteiger partial charge on any atom is 0.345 e. The number of hydrogen-bond donors (Lipinski definition) is 1. The monoisotopic (exact) mass is 382 g/mol. The SMILES string of the molecule is Cc1cc(C(=O)N2CCCC3(C2)CN(c2ccccc2)C(=O)CO3)nc(=O)[nH]1. The van der Waals surface area contributed by atoms with Gasteiger partial charge in [-0.25, -0.2) is 4.79 Å². The minimum Gasteiger partial charge on any atom is -0.361 e. The normalized spacial score (nSPS) is 22.5. The molecule has 2 fully saturated rings. The number of piperidine rings is 1. The first kappa shape index (κ1) is 18.4. The summed E-state index contributed by atoms with van der Waals surface area (Å²) in [5, 5.41) is 0. The van der Waals surface area contributed by atoms with Crippen molar-refractivity contribution in [1.29, 1.82) is 0 Å². The number of nitrogens with zero attached hydrogens (tertiary/aromatic N) is 3. The number of H-pyrrole nitrogens is 1. The van der Waals surface area contributed by atoms with Crippen molar-refractivity contribution in [3.8, 4) is 0 Å². The van der Waals surface area contributed by atoms with Crippen molar-refractivity contribution in [2.45, 2.75) is 25.4 Å². The summed E-state index contributed by atoms with van der Waals surface area (Å²) in [6.07, 6.45) is 1.51. The third kappa shape index (κ3) is 3.55. The standard InChI is InChI=1S/C20H22N4O4/c1-14-10-16(22-19(27)21-14)18(26)23-9-5-8-20(12-23)13-24(17(25)11-28-20)15-6-3-2-4-7-15/h2-4,6-7,10H,5,8-9,11-13H2,1H3,(H,21,22,27). The van der Waals surface area contributed by atoms with Crippen molar-refractivity contribution in [1.82, 2.24) is 14.9 Å². The molecule has 0 aliphatic carbocycles. The van der Waals surface area contributed by atoms with E-state index < -0.39 is 11.3 Å². The van der Waals surface area contributed by atoms with Gasteiger partial charge in [-0.3, -0.25) is 9.59 Å². The summed E-state index contributed by atoms with van der Waals surface area (Å²) in [7, 11) is 0. The molecule has 2 saturated heterocycles. The fourth-order valence-corrected chi connectivity index (χ4v) is 3.93.